The van der Waals surface area contributed by atoms with Gasteiger partial charge in [-0.05, 0) is 24.3 Å². The predicted molar refractivity (Wildman–Crippen MR) is 53.0 cm³/mol. The summed E-state index contributed by atoms with van der Waals surface area (Å²) in [6.45, 7) is 1.39. The van der Waals surface area contributed by atoms with Crippen LogP contribution in [0.2, 0.25) is 0 Å². The number of hydrogen-bond acceptors (Lipinski definition) is 3. The molecule has 0 aliphatic carbocycles. The van der Waals surface area contributed by atoms with Crippen LogP contribution in [0.5, 0.6) is 0 Å². The zero-order chi connectivity index (χ0) is 10.1. The van der Waals surface area contributed by atoms with E-state index in [1.54, 1.807) is 11.3 Å². The second-order valence-corrected chi connectivity index (χ2v) is 3.46. The number of aliphatic carboxylic acids is 1. The first-order valence-electron chi connectivity index (χ1n) is 3.99. The zero-order valence-electron chi connectivity index (χ0n) is 7.56. The minimum Gasteiger partial charge on any atom is -0.481 e. The zero-order valence-corrected chi connectivity index (χ0v) is 8.38. The molecule has 0 aromatic carbocycles. The van der Waals surface area contributed by atoms with Gasteiger partial charge in [0.1, 0.15) is 0 Å². The Labute approximate surface area is 81.7 Å². The molecule has 0 saturated carbocycles. The van der Waals surface area contributed by atoms with Gasteiger partial charge in [-0.3, -0.25) is 4.79 Å². The first kappa shape index (κ1) is 12.1. The maximum atomic E-state index is 9.00. The molecule has 0 bridgehead atoms. The van der Waals surface area contributed by atoms with Gasteiger partial charge in [-0.1, -0.05) is 6.07 Å². The Balaban J connectivity index is 0.000000310. The van der Waals surface area contributed by atoms with E-state index in [2.05, 4.69) is 11.4 Å². The summed E-state index contributed by atoms with van der Waals surface area (Å²) in [4.78, 5) is 10.4. The number of carbonyl (C=O) groups is 1. The van der Waals surface area contributed by atoms with Gasteiger partial charge in [0.15, 0.2) is 0 Å². The van der Waals surface area contributed by atoms with Crippen LogP contribution in [-0.2, 0) is 11.2 Å². The molecule has 0 radical (unpaired) electrons. The highest BCUT2D eigenvalue weighted by molar-refractivity contribution is 7.09. The first-order chi connectivity index (χ1) is 6.16. The Morgan fingerprint density at radius 2 is 2.23 bits per heavy atom. The fourth-order valence-corrected chi connectivity index (χ4v) is 1.46. The second kappa shape index (κ2) is 7.76. The lowest BCUT2D eigenvalue weighted by molar-refractivity contribution is -0.134. The quantitative estimate of drug-likeness (QED) is 0.785. The topological polar surface area (TPSA) is 57.5 Å². The van der Waals surface area contributed by atoms with Crippen molar-refractivity contribution in [3.63, 3.8) is 0 Å². The molecule has 1 aromatic rings. The Morgan fingerprint density at radius 1 is 1.62 bits per heavy atom. The summed E-state index contributed by atoms with van der Waals surface area (Å²) in [5.41, 5.74) is 0. The normalized spacial score (nSPS) is 8.77. The number of rotatable bonds is 3. The molecule has 74 valence electrons. The summed E-state index contributed by atoms with van der Waals surface area (Å²) in [5.74, 6) is -0.833. The van der Waals surface area contributed by atoms with Gasteiger partial charge < -0.3 is 10.2 Å². The van der Waals surface area contributed by atoms with Crippen LogP contribution in [0, 0.1) is 0 Å². The molecule has 3 nitrogen and oxygen atoms in total. The van der Waals surface area contributed by atoms with Crippen LogP contribution >= 0.6 is 11.3 Å². The maximum Gasteiger partial charge on any atom is 0.300 e. The smallest absolute Gasteiger partial charge is 0.300 e. The second-order valence-electron chi connectivity index (χ2n) is 2.43. The third kappa shape index (κ3) is 9.04. The molecular formula is C9H14O3S. The van der Waals surface area contributed by atoms with E-state index in [4.69, 9.17) is 15.0 Å². The molecule has 0 spiro atoms. The molecule has 1 aromatic heterocycles. The van der Waals surface area contributed by atoms with E-state index in [0.29, 0.717) is 6.61 Å². The van der Waals surface area contributed by atoms with E-state index >= 15 is 0 Å². The highest BCUT2D eigenvalue weighted by Gasteiger charge is 1.90. The number of aryl methyl sites for hydroxylation is 1. The Kier molecular flexibility index (Phi) is 7.24. The van der Waals surface area contributed by atoms with Gasteiger partial charge in [-0.15, -0.1) is 11.3 Å². The van der Waals surface area contributed by atoms with Crippen molar-refractivity contribution in [1.82, 2.24) is 0 Å². The monoisotopic (exact) mass is 202 g/mol. The maximum absolute atomic E-state index is 9.00. The van der Waals surface area contributed by atoms with Crippen LogP contribution in [0.15, 0.2) is 17.5 Å². The summed E-state index contributed by atoms with van der Waals surface area (Å²) in [6, 6.07) is 4.14. The lowest BCUT2D eigenvalue weighted by atomic mass is 10.3. The van der Waals surface area contributed by atoms with Crippen LogP contribution in [0.25, 0.3) is 0 Å². The molecule has 0 unspecified atom stereocenters. The molecule has 0 saturated heterocycles. The fourth-order valence-electron chi connectivity index (χ4n) is 0.708. The Hall–Kier alpha value is -0.870. The van der Waals surface area contributed by atoms with Crippen LogP contribution in [0.4, 0.5) is 0 Å². The van der Waals surface area contributed by atoms with Gasteiger partial charge in [0.05, 0.1) is 0 Å². The molecule has 1 heterocycles. The highest BCUT2D eigenvalue weighted by Crippen LogP contribution is 2.09. The SMILES string of the molecule is CC(=O)O.OCCCc1cccs1. The van der Waals surface area contributed by atoms with E-state index in [1.807, 2.05) is 6.07 Å². The van der Waals surface area contributed by atoms with Gasteiger partial charge in [0.25, 0.3) is 5.97 Å². The molecule has 4 heteroatoms. The highest BCUT2D eigenvalue weighted by atomic mass is 32.1. The van der Waals surface area contributed by atoms with Crippen LogP contribution < -0.4 is 0 Å². The number of thiophene rings is 1. The molecule has 0 amide bonds. The van der Waals surface area contributed by atoms with Crippen LogP contribution in [0.1, 0.15) is 18.2 Å². The summed E-state index contributed by atoms with van der Waals surface area (Å²) >= 11 is 1.75. The van der Waals surface area contributed by atoms with E-state index in [0.717, 1.165) is 19.8 Å². The predicted octanol–water partition coefficient (Wildman–Crippen LogP) is 1.76. The Morgan fingerprint density at radius 3 is 2.62 bits per heavy atom. The van der Waals surface area contributed by atoms with Gasteiger partial charge in [0.2, 0.25) is 0 Å². The standard InChI is InChI=1S/C7H10OS.C2H4O2/c8-5-1-3-7-4-2-6-9-7;1-2(3)4/h2,4,6,8H,1,3,5H2;1H3,(H,3,4). The summed E-state index contributed by atoms with van der Waals surface area (Å²) in [5, 5.41) is 17.9. The fraction of sp³-hybridized carbons (Fsp3) is 0.444. The lowest BCUT2D eigenvalue weighted by Gasteiger charge is -1.90. The van der Waals surface area contributed by atoms with Gasteiger partial charge in [-0.25, -0.2) is 0 Å². The van der Waals surface area contributed by atoms with Crippen LogP contribution in [-0.4, -0.2) is 22.8 Å². The molecule has 2 N–H and O–H groups in total. The van der Waals surface area contributed by atoms with E-state index < -0.39 is 5.97 Å². The molecule has 13 heavy (non-hydrogen) atoms. The van der Waals surface area contributed by atoms with Crippen molar-refractivity contribution in [1.29, 1.82) is 0 Å². The number of hydrogen-bond donors (Lipinski definition) is 2. The van der Waals surface area contributed by atoms with Gasteiger partial charge in [0, 0.05) is 18.4 Å². The summed E-state index contributed by atoms with van der Waals surface area (Å²) in [6.07, 6.45) is 1.91. The number of aliphatic hydroxyl groups is 1. The molecule has 0 aliphatic heterocycles. The van der Waals surface area contributed by atoms with E-state index in [9.17, 15) is 0 Å². The van der Waals surface area contributed by atoms with Crippen molar-refractivity contribution in [3.05, 3.63) is 22.4 Å². The van der Waals surface area contributed by atoms with Crippen molar-refractivity contribution in [3.8, 4) is 0 Å². The summed E-state index contributed by atoms with van der Waals surface area (Å²) < 4.78 is 0. The number of carboxylic acids is 1. The minimum absolute atomic E-state index is 0.303. The third-order valence-corrected chi connectivity index (χ3v) is 2.10. The largest absolute Gasteiger partial charge is 0.481 e. The van der Waals surface area contributed by atoms with Crippen LogP contribution in [0.3, 0.4) is 0 Å². The minimum atomic E-state index is -0.833. The molecular weight excluding hydrogens is 188 g/mol. The van der Waals surface area contributed by atoms with Crippen molar-refractivity contribution in [2.75, 3.05) is 6.61 Å². The van der Waals surface area contributed by atoms with Crippen molar-refractivity contribution >= 4 is 17.3 Å². The number of aliphatic hydroxyl groups excluding tert-OH is 1. The molecule has 0 aliphatic rings. The van der Waals surface area contributed by atoms with E-state index in [1.165, 1.54) is 4.88 Å². The van der Waals surface area contributed by atoms with Crippen molar-refractivity contribution < 1.29 is 15.0 Å². The third-order valence-electron chi connectivity index (χ3n) is 1.16. The van der Waals surface area contributed by atoms with Crippen molar-refractivity contribution in [2.24, 2.45) is 0 Å². The Bertz CT molecular complexity index is 215. The first-order valence-corrected chi connectivity index (χ1v) is 4.87. The molecule has 1 rings (SSSR count). The molecule has 0 fully saturated rings. The van der Waals surface area contributed by atoms with Crippen molar-refractivity contribution in [2.45, 2.75) is 19.8 Å². The molecule has 0 atom stereocenters. The van der Waals surface area contributed by atoms with E-state index in [-0.39, 0.29) is 0 Å². The lowest BCUT2D eigenvalue weighted by Crippen LogP contribution is -1.84. The average Bonchev–Trinajstić information content (AvgIpc) is 2.51. The average molecular weight is 202 g/mol. The summed E-state index contributed by atoms with van der Waals surface area (Å²) in [7, 11) is 0. The number of carboxylic acid groups (broad SMARTS) is 1. The van der Waals surface area contributed by atoms with Gasteiger partial charge >= 0.3 is 0 Å². The van der Waals surface area contributed by atoms with Gasteiger partial charge in [-0.2, -0.15) is 0 Å².